The van der Waals surface area contributed by atoms with Crippen molar-refractivity contribution in [1.29, 1.82) is 0 Å². The first-order valence-corrected chi connectivity index (χ1v) is 9.84. The second-order valence-electron chi connectivity index (χ2n) is 6.62. The molecule has 30 heavy (non-hydrogen) atoms. The first-order chi connectivity index (χ1) is 14.5. The summed E-state index contributed by atoms with van der Waals surface area (Å²) in [5, 5.41) is 0. The quantitative estimate of drug-likeness (QED) is 0.386. The minimum Gasteiger partial charge on any atom is -0.494 e. The molecule has 0 aliphatic rings. The molecular formula is C22H27N3O5. The number of ether oxygens (including phenoxy) is 2. The molecule has 3 amide bonds. The van der Waals surface area contributed by atoms with Crippen LogP contribution in [0.15, 0.2) is 48.5 Å². The van der Waals surface area contributed by atoms with Crippen LogP contribution in [-0.2, 0) is 4.79 Å². The smallest absolute Gasteiger partial charge is 0.269 e. The number of hydrazine groups is 1. The summed E-state index contributed by atoms with van der Waals surface area (Å²) in [5.41, 5.74) is 10.4. The summed E-state index contributed by atoms with van der Waals surface area (Å²) in [7, 11) is 0. The van der Waals surface area contributed by atoms with Crippen molar-refractivity contribution >= 4 is 17.7 Å². The molecule has 0 saturated carbocycles. The standard InChI is InChI=1S/C22H27N3O5/c1-2-3-4-5-14-29-18-10-6-16(7-11-18)21(27)24-25-22(28)17-8-12-19(13-9-17)30-15-20(23)26/h6-13H,2-5,14-15H2,1H3,(H2,23,26)(H,24,27)(H,25,28). The molecule has 0 spiro atoms. The lowest BCUT2D eigenvalue weighted by molar-refractivity contribution is -0.119. The topological polar surface area (TPSA) is 120 Å². The number of amides is 3. The lowest BCUT2D eigenvalue weighted by Crippen LogP contribution is -2.41. The highest BCUT2D eigenvalue weighted by Crippen LogP contribution is 2.14. The number of hydrogen-bond donors (Lipinski definition) is 3. The highest BCUT2D eigenvalue weighted by Gasteiger charge is 2.10. The number of nitrogens with one attached hydrogen (secondary N) is 2. The van der Waals surface area contributed by atoms with E-state index < -0.39 is 17.7 Å². The second-order valence-corrected chi connectivity index (χ2v) is 6.62. The van der Waals surface area contributed by atoms with Crippen LogP contribution in [0.2, 0.25) is 0 Å². The van der Waals surface area contributed by atoms with Crippen LogP contribution in [0.4, 0.5) is 0 Å². The Balaban J connectivity index is 1.77. The maximum absolute atomic E-state index is 12.2. The van der Waals surface area contributed by atoms with Crippen LogP contribution >= 0.6 is 0 Å². The van der Waals surface area contributed by atoms with Crippen molar-refractivity contribution in [3.63, 3.8) is 0 Å². The molecule has 0 saturated heterocycles. The lowest BCUT2D eigenvalue weighted by atomic mass is 10.2. The molecule has 0 bridgehead atoms. The van der Waals surface area contributed by atoms with Gasteiger partial charge in [-0.15, -0.1) is 0 Å². The fourth-order valence-electron chi connectivity index (χ4n) is 2.54. The molecule has 160 valence electrons. The molecule has 0 aliphatic heterocycles. The molecule has 2 aromatic rings. The van der Waals surface area contributed by atoms with Crippen molar-refractivity contribution in [2.45, 2.75) is 32.6 Å². The summed E-state index contributed by atoms with van der Waals surface area (Å²) in [6.45, 7) is 2.56. The van der Waals surface area contributed by atoms with E-state index >= 15 is 0 Å². The third kappa shape index (κ3) is 7.83. The maximum atomic E-state index is 12.2. The second kappa shape index (κ2) is 12.1. The third-order valence-corrected chi connectivity index (χ3v) is 4.17. The lowest BCUT2D eigenvalue weighted by Gasteiger charge is -2.09. The van der Waals surface area contributed by atoms with Gasteiger partial charge in [-0.3, -0.25) is 25.2 Å². The van der Waals surface area contributed by atoms with Gasteiger partial charge in [0.2, 0.25) is 0 Å². The summed E-state index contributed by atoms with van der Waals surface area (Å²) in [5.74, 6) is -0.421. The number of hydrogen-bond acceptors (Lipinski definition) is 5. The highest BCUT2D eigenvalue weighted by atomic mass is 16.5. The van der Waals surface area contributed by atoms with Gasteiger partial charge < -0.3 is 15.2 Å². The zero-order chi connectivity index (χ0) is 21.8. The fourth-order valence-corrected chi connectivity index (χ4v) is 2.54. The van der Waals surface area contributed by atoms with E-state index in [-0.39, 0.29) is 6.61 Å². The average Bonchev–Trinajstić information content (AvgIpc) is 2.76. The Bertz CT molecular complexity index is 835. The average molecular weight is 413 g/mol. The van der Waals surface area contributed by atoms with Gasteiger partial charge in [0, 0.05) is 11.1 Å². The minimum atomic E-state index is -0.592. The van der Waals surface area contributed by atoms with E-state index in [2.05, 4.69) is 17.8 Å². The van der Waals surface area contributed by atoms with Crippen molar-refractivity contribution in [2.24, 2.45) is 5.73 Å². The molecule has 8 nitrogen and oxygen atoms in total. The molecule has 2 aromatic carbocycles. The number of carbonyl (C=O) groups excluding carboxylic acids is 3. The van der Waals surface area contributed by atoms with E-state index in [0.29, 0.717) is 29.2 Å². The zero-order valence-corrected chi connectivity index (χ0v) is 17.0. The van der Waals surface area contributed by atoms with Gasteiger partial charge in [-0.05, 0) is 55.0 Å². The predicted molar refractivity (Wildman–Crippen MR) is 112 cm³/mol. The Hall–Kier alpha value is -3.55. The fraction of sp³-hybridized carbons (Fsp3) is 0.318. The van der Waals surface area contributed by atoms with Gasteiger partial charge in [0.1, 0.15) is 11.5 Å². The first kappa shape index (κ1) is 22.7. The monoisotopic (exact) mass is 413 g/mol. The molecule has 0 heterocycles. The SMILES string of the molecule is CCCCCCOc1ccc(C(=O)NNC(=O)c2ccc(OCC(N)=O)cc2)cc1. The predicted octanol–water partition coefficient (Wildman–Crippen LogP) is 2.58. The molecule has 0 aromatic heterocycles. The van der Waals surface area contributed by atoms with Crippen molar-refractivity contribution in [1.82, 2.24) is 10.9 Å². The van der Waals surface area contributed by atoms with Gasteiger partial charge in [-0.1, -0.05) is 26.2 Å². The Morgan fingerprint density at radius 2 is 1.27 bits per heavy atom. The van der Waals surface area contributed by atoms with Crippen LogP contribution in [0.5, 0.6) is 11.5 Å². The summed E-state index contributed by atoms with van der Waals surface area (Å²) in [6.07, 6.45) is 4.51. The largest absolute Gasteiger partial charge is 0.494 e. The number of primary amides is 1. The van der Waals surface area contributed by atoms with Gasteiger partial charge in [-0.25, -0.2) is 0 Å². The molecule has 0 unspecified atom stereocenters. The van der Waals surface area contributed by atoms with Gasteiger partial charge >= 0.3 is 0 Å². The number of rotatable bonds is 11. The van der Waals surface area contributed by atoms with Crippen LogP contribution in [-0.4, -0.2) is 30.9 Å². The van der Waals surface area contributed by atoms with E-state index in [1.165, 1.54) is 37.1 Å². The van der Waals surface area contributed by atoms with Crippen LogP contribution in [0, 0.1) is 0 Å². The molecule has 0 radical (unpaired) electrons. The molecule has 8 heteroatoms. The van der Waals surface area contributed by atoms with Crippen LogP contribution in [0.3, 0.4) is 0 Å². The van der Waals surface area contributed by atoms with Gasteiger partial charge in [0.15, 0.2) is 6.61 Å². The molecular weight excluding hydrogens is 386 g/mol. The first-order valence-electron chi connectivity index (χ1n) is 9.84. The van der Waals surface area contributed by atoms with Crippen molar-refractivity contribution < 1.29 is 23.9 Å². The van der Waals surface area contributed by atoms with Gasteiger partial charge in [0.05, 0.1) is 6.61 Å². The van der Waals surface area contributed by atoms with Gasteiger partial charge in [0.25, 0.3) is 17.7 Å². The highest BCUT2D eigenvalue weighted by molar-refractivity contribution is 5.99. The van der Waals surface area contributed by atoms with E-state index in [0.717, 1.165) is 12.8 Å². The van der Waals surface area contributed by atoms with Gasteiger partial charge in [-0.2, -0.15) is 0 Å². The van der Waals surface area contributed by atoms with E-state index in [1.807, 2.05) is 0 Å². The van der Waals surface area contributed by atoms with E-state index in [9.17, 15) is 14.4 Å². The Morgan fingerprint density at radius 3 is 1.73 bits per heavy atom. The van der Waals surface area contributed by atoms with Crippen LogP contribution < -0.4 is 26.1 Å². The molecule has 4 N–H and O–H groups in total. The van der Waals surface area contributed by atoms with Crippen LogP contribution in [0.1, 0.15) is 53.3 Å². The van der Waals surface area contributed by atoms with Crippen LogP contribution in [0.25, 0.3) is 0 Å². The molecule has 2 rings (SSSR count). The third-order valence-electron chi connectivity index (χ3n) is 4.17. The summed E-state index contributed by atoms with van der Waals surface area (Å²) in [6, 6.07) is 12.8. The molecule has 0 aliphatic carbocycles. The summed E-state index contributed by atoms with van der Waals surface area (Å²) < 4.78 is 10.8. The summed E-state index contributed by atoms with van der Waals surface area (Å²) >= 11 is 0. The molecule has 0 fully saturated rings. The zero-order valence-electron chi connectivity index (χ0n) is 17.0. The van der Waals surface area contributed by atoms with E-state index in [4.69, 9.17) is 15.2 Å². The number of unbranched alkanes of at least 4 members (excludes halogenated alkanes) is 3. The number of benzene rings is 2. The van der Waals surface area contributed by atoms with Crippen molar-refractivity contribution in [2.75, 3.05) is 13.2 Å². The number of nitrogens with two attached hydrogens (primary N) is 1. The minimum absolute atomic E-state index is 0.246. The van der Waals surface area contributed by atoms with Crippen molar-refractivity contribution in [3.8, 4) is 11.5 Å². The Labute approximate surface area is 175 Å². The van der Waals surface area contributed by atoms with Crippen molar-refractivity contribution in [3.05, 3.63) is 59.7 Å². The summed E-state index contributed by atoms with van der Waals surface area (Å²) in [4.78, 5) is 35.0. The Kier molecular flexibility index (Phi) is 9.18. The normalized spacial score (nSPS) is 10.2. The Morgan fingerprint density at radius 1 is 0.767 bits per heavy atom. The molecule has 0 atom stereocenters. The van der Waals surface area contributed by atoms with E-state index in [1.54, 1.807) is 24.3 Å². The maximum Gasteiger partial charge on any atom is 0.269 e. The number of carbonyl (C=O) groups is 3.